The van der Waals surface area contributed by atoms with Crippen LogP contribution < -0.4 is 5.73 Å². The molecular weight excluding hydrogens is 262 g/mol. The van der Waals surface area contributed by atoms with Crippen LogP contribution in [0.4, 0.5) is 5.82 Å². The highest BCUT2D eigenvalue weighted by molar-refractivity contribution is 6.29. The Morgan fingerprint density at radius 3 is 2.83 bits per heavy atom. The van der Waals surface area contributed by atoms with Crippen molar-refractivity contribution in [1.82, 2.24) is 9.97 Å². The summed E-state index contributed by atoms with van der Waals surface area (Å²) in [4.78, 5) is 18.6. The first-order chi connectivity index (χ1) is 8.45. The van der Waals surface area contributed by atoms with Gasteiger partial charge in [0.25, 0.3) is 0 Å². The molecule has 0 aromatic carbocycles. The van der Waals surface area contributed by atoms with E-state index >= 15 is 0 Å². The summed E-state index contributed by atoms with van der Waals surface area (Å²) in [5, 5.41) is 19.5. The van der Waals surface area contributed by atoms with Gasteiger partial charge in [-0.25, -0.2) is 4.98 Å². The maximum atomic E-state index is 11.1. The van der Waals surface area contributed by atoms with Gasteiger partial charge in [0.2, 0.25) is 0 Å². The maximum absolute atomic E-state index is 11.1. The van der Waals surface area contributed by atoms with Gasteiger partial charge in [-0.3, -0.25) is 9.78 Å². The Kier molecular flexibility index (Phi) is 5.26. The third kappa shape index (κ3) is 3.80. The van der Waals surface area contributed by atoms with Crippen molar-refractivity contribution >= 4 is 23.4 Å². The lowest BCUT2D eigenvalue weighted by atomic mass is 10.1. The number of esters is 1. The summed E-state index contributed by atoms with van der Waals surface area (Å²) in [5.41, 5.74) is 5.47. The summed E-state index contributed by atoms with van der Waals surface area (Å²) in [5.74, 6) is -0.720. The summed E-state index contributed by atoms with van der Waals surface area (Å²) in [6.45, 7) is 1.84. The minimum Gasteiger partial charge on any atom is -0.466 e. The van der Waals surface area contributed by atoms with Crippen molar-refractivity contribution in [2.45, 2.75) is 25.6 Å². The second-order valence-corrected chi connectivity index (χ2v) is 3.87. The van der Waals surface area contributed by atoms with Crippen LogP contribution in [0, 0.1) is 0 Å². The molecule has 8 heteroatoms. The third-order valence-corrected chi connectivity index (χ3v) is 2.31. The highest BCUT2D eigenvalue weighted by Crippen LogP contribution is 2.22. The van der Waals surface area contributed by atoms with Crippen molar-refractivity contribution in [3.8, 4) is 0 Å². The second-order valence-electron chi connectivity index (χ2n) is 3.48. The number of carbonyl (C=O) groups excluding carboxylic acids is 1. The van der Waals surface area contributed by atoms with Gasteiger partial charge >= 0.3 is 5.97 Å². The molecule has 1 rings (SSSR count). The Morgan fingerprint density at radius 1 is 1.61 bits per heavy atom. The number of halogens is 1. The molecule has 100 valence electrons. The molecule has 0 radical (unpaired) electrons. The Balaban J connectivity index is 2.73. The molecule has 18 heavy (non-hydrogen) atoms. The van der Waals surface area contributed by atoms with Gasteiger partial charge in [0.1, 0.15) is 22.8 Å². The number of aliphatic hydroxyl groups excluding tert-OH is 2. The average Bonchev–Trinajstić information content (AvgIpc) is 2.28. The topological polar surface area (TPSA) is 119 Å². The molecule has 2 atom stereocenters. The van der Waals surface area contributed by atoms with Crippen LogP contribution in [0.5, 0.6) is 0 Å². The summed E-state index contributed by atoms with van der Waals surface area (Å²) >= 11 is 5.55. The zero-order valence-electron chi connectivity index (χ0n) is 9.71. The van der Waals surface area contributed by atoms with Crippen molar-refractivity contribution in [1.29, 1.82) is 0 Å². The summed E-state index contributed by atoms with van der Waals surface area (Å²) in [6, 6.07) is 0. The molecule has 0 fully saturated rings. The van der Waals surface area contributed by atoms with Gasteiger partial charge in [0, 0.05) is 0 Å². The normalized spacial score (nSPS) is 14.0. The number of nitrogens with zero attached hydrogens (tertiary/aromatic N) is 2. The summed E-state index contributed by atoms with van der Waals surface area (Å²) in [7, 11) is 0. The molecule has 7 nitrogen and oxygen atoms in total. The zero-order valence-corrected chi connectivity index (χ0v) is 10.5. The van der Waals surface area contributed by atoms with Crippen molar-refractivity contribution in [2.75, 3.05) is 12.3 Å². The fraction of sp³-hybridized carbons (Fsp3) is 0.500. The van der Waals surface area contributed by atoms with Crippen LogP contribution in [-0.2, 0) is 9.53 Å². The van der Waals surface area contributed by atoms with Crippen LogP contribution in [-0.4, -0.2) is 38.9 Å². The molecule has 0 bridgehead atoms. The quantitative estimate of drug-likeness (QED) is 0.650. The van der Waals surface area contributed by atoms with Gasteiger partial charge in [-0.1, -0.05) is 11.6 Å². The molecule has 4 N–H and O–H groups in total. The molecule has 0 aliphatic carbocycles. The monoisotopic (exact) mass is 275 g/mol. The number of anilines is 1. The van der Waals surface area contributed by atoms with Crippen LogP contribution in [0.25, 0.3) is 0 Å². The summed E-state index contributed by atoms with van der Waals surface area (Å²) < 4.78 is 4.65. The number of hydrogen-bond acceptors (Lipinski definition) is 7. The second kappa shape index (κ2) is 6.48. The predicted octanol–water partition coefficient (Wildman–Crippen LogP) is 0.0597. The van der Waals surface area contributed by atoms with Crippen molar-refractivity contribution in [3.05, 3.63) is 17.0 Å². The third-order valence-electron chi connectivity index (χ3n) is 2.13. The van der Waals surface area contributed by atoms with E-state index < -0.39 is 18.2 Å². The maximum Gasteiger partial charge on any atom is 0.308 e. The first kappa shape index (κ1) is 14.6. The molecule has 0 aliphatic heterocycles. The highest BCUT2D eigenvalue weighted by atomic mass is 35.5. The van der Waals surface area contributed by atoms with Crippen molar-refractivity contribution in [2.24, 2.45) is 0 Å². The Labute approximate surface area is 109 Å². The van der Waals surface area contributed by atoms with E-state index in [0.29, 0.717) is 0 Å². The van der Waals surface area contributed by atoms with E-state index in [0.717, 1.165) is 0 Å². The first-order valence-electron chi connectivity index (χ1n) is 5.25. The minimum absolute atomic E-state index is 0.0313. The van der Waals surface area contributed by atoms with Gasteiger partial charge in [-0.2, -0.15) is 0 Å². The molecule has 0 amide bonds. The van der Waals surface area contributed by atoms with E-state index in [1.807, 2.05) is 0 Å². The van der Waals surface area contributed by atoms with E-state index in [4.69, 9.17) is 17.3 Å². The SMILES string of the molecule is CCOC(=O)CC(O)C(O)c1ncc(Cl)nc1N. The number of aliphatic hydroxyl groups is 2. The molecule has 1 heterocycles. The largest absolute Gasteiger partial charge is 0.466 e. The van der Waals surface area contributed by atoms with E-state index in [1.165, 1.54) is 6.20 Å². The van der Waals surface area contributed by atoms with Crippen LogP contribution in [0.2, 0.25) is 5.15 Å². The molecule has 1 aromatic heterocycles. The number of rotatable bonds is 5. The lowest BCUT2D eigenvalue weighted by molar-refractivity contribution is -0.147. The average molecular weight is 276 g/mol. The molecule has 2 unspecified atom stereocenters. The fourth-order valence-electron chi connectivity index (χ4n) is 1.30. The lowest BCUT2D eigenvalue weighted by Gasteiger charge is -2.17. The Bertz CT molecular complexity index is 430. The molecule has 0 saturated carbocycles. The van der Waals surface area contributed by atoms with Crippen LogP contribution in [0.15, 0.2) is 6.20 Å². The van der Waals surface area contributed by atoms with Gasteiger partial charge in [-0.15, -0.1) is 0 Å². The smallest absolute Gasteiger partial charge is 0.308 e. The van der Waals surface area contributed by atoms with Gasteiger partial charge < -0.3 is 20.7 Å². The summed E-state index contributed by atoms with van der Waals surface area (Å²) in [6.07, 6.45) is -1.98. The number of nitrogen functional groups attached to an aromatic ring is 1. The van der Waals surface area contributed by atoms with Crippen molar-refractivity contribution < 1.29 is 19.7 Å². The molecule has 0 aliphatic rings. The van der Waals surface area contributed by atoms with E-state index in [9.17, 15) is 15.0 Å². The zero-order chi connectivity index (χ0) is 13.7. The van der Waals surface area contributed by atoms with Gasteiger partial charge in [0.15, 0.2) is 0 Å². The number of ether oxygens (including phenoxy) is 1. The first-order valence-corrected chi connectivity index (χ1v) is 5.63. The van der Waals surface area contributed by atoms with E-state index in [2.05, 4.69) is 14.7 Å². The molecular formula is C10H14ClN3O4. The van der Waals surface area contributed by atoms with E-state index in [-0.39, 0.29) is 29.7 Å². The Hall–Kier alpha value is -1.44. The minimum atomic E-state index is -1.43. The van der Waals surface area contributed by atoms with Crippen LogP contribution in [0.1, 0.15) is 25.1 Å². The molecule has 0 saturated heterocycles. The number of nitrogens with two attached hydrogens (primary N) is 1. The molecule has 0 spiro atoms. The Morgan fingerprint density at radius 2 is 2.28 bits per heavy atom. The number of hydrogen-bond donors (Lipinski definition) is 3. The van der Waals surface area contributed by atoms with Crippen LogP contribution >= 0.6 is 11.6 Å². The van der Waals surface area contributed by atoms with Gasteiger partial charge in [-0.05, 0) is 6.92 Å². The number of carbonyl (C=O) groups is 1. The van der Waals surface area contributed by atoms with Gasteiger partial charge in [0.05, 0.1) is 25.3 Å². The van der Waals surface area contributed by atoms with Crippen LogP contribution in [0.3, 0.4) is 0 Å². The standard InChI is InChI=1S/C10H14ClN3O4/c1-2-18-7(16)3-5(15)9(17)8-10(12)14-6(11)4-13-8/h4-5,9,15,17H,2-3H2,1H3,(H2,12,14). The number of aromatic nitrogens is 2. The lowest BCUT2D eigenvalue weighted by Crippen LogP contribution is -2.25. The van der Waals surface area contributed by atoms with E-state index in [1.54, 1.807) is 6.92 Å². The highest BCUT2D eigenvalue weighted by Gasteiger charge is 2.25. The predicted molar refractivity (Wildman–Crippen MR) is 63.7 cm³/mol. The fourth-order valence-corrected chi connectivity index (χ4v) is 1.44. The molecule has 1 aromatic rings. The van der Waals surface area contributed by atoms with Crippen molar-refractivity contribution in [3.63, 3.8) is 0 Å².